The van der Waals surface area contributed by atoms with Crippen LogP contribution in [0.4, 0.5) is 0 Å². The number of nitrogens with zero attached hydrogens (tertiary/aromatic N) is 1. The van der Waals surface area contributed by atoms with Crippen LogP contribution >= 0.6 is 0 Å². The Labute approximate surface area is 241 Å². The van der Waals surface area contributed by atoms with Gasteiger partial charge in [-0.3, -0.25) is 9.59 Å². The van der Waals surface area contributed by atoms with Crippen molar-refractivity contribution < 1.29 is 19.8 Å². The van der Waals surface area contributed by atoms with E-state index in [1.54, 1.807) is 0 Å². The SMILES string of the molecule is CCC1=C(CCO)C(=O)N=C1/C=c1/[nH]/c(=C\c2[nH]c(/C=C3\NC(=O)C(CCO)=C3CC)c(C)c2CC)c(CC)c1C. The first-order valence-corrected chi connectivity index (χ1v) is 14.7. The molecule has 2 aliphatic rings. The number of aromatic amines is 2. The van der Waals surface area contributed by atoms with E-state index in [-0.39, 0.29) is 25.0 Å². The molecule has 0 aromatic carbocycles. The highest BCUT2D eigenvalue weighted by Gasteiger charge is 2.26. The number of carbonyl (C=O) groups is 2. The molecule has 4 rings (SSSR count). The summed E-state index contributed by atoms with van der Waals surface area (Å²) in [7, 11) is 0. The molecule has 2 aromatic rings. The molecule has 0 saturated heterocycles. The van der Waals surface area contributed by atoms with E-state index >= 15 is 0 Å². The van der Waals surface area contributed by atoms with Gasteiger partial charge < -0.3 is 25.5 Å². The average molecular weight is 559 g/mol. The number of aliphatic hydroxyl groups excluding tert-OH is 2. The third-order valence-electron chi connectivity index (χ3n) is 8.26. The maximum Gasteiger partial charge on any atom is 0.273 e. The molecule has 0 radical (unpaired) electrons. The Morgan fingerprint density at radius 2 is 1.34 bits per heavy atom. The molecule has 0 saturated carbocycles. The van der Waals surface area contributed by atoms with Crippen LogP contribution in [0.5, 0.6) is 0 Å². The van der Waals surface area contributed by atoms with Crippen LogP contribution in [-0.4, -0.2) is 50.9 Å². The molecule has 5 N–H and O–H groups in total. The normalized spacial score (nSPS) is 17.7. The molecule has 218 valence electrons. The highest BCUT2D eigenvalue weighted by Crippen LogP contribution is 2.29. The summed E-state index contributed by atoms with van der Waals surface area (Å²) in [5.74, 6) is -0.391. The number of nitrogens with one attached hydrogen (secondary N) is 3. The molecule has 0 fully saturated rings. The van der Waals surface area contributed by atoms with Gasteiger partial charge in [0.05, 0.1) is 5.71 Å². The Morgan fingerprint density at radius 3 is 1.95 bits per heavy atom. The summed E-state index contributed by atoms with van der Waals surface area (Å²) in [5, 5.41) is 23.7. The van der Waals surface area contributed by atoms with Gasteiger partial charge in [0, 0.05) is 65.0 Å². The van der Waals surface area contributed by atoms with E-state index in [2.05, 4.69) is 54.0 Å². The van der Waals surface area contributed by atoms with Crippen molar-refractivity contribution in [3.05, 3.63) is 72.3 Å². The van der Waals surface area contributed by atoms with E-state index in [0.29, 0.717) is 42.5 Å². The van der Waals surface area contributed by atoms with Crippen molar-refractivity contribution in [1.82, 2.24) is 15.3 Å². The monoisotopic (exact) mass is 558 g/mol. The maximum absolute atomic E-state index is 12.5. The molecular formula is C33H42N4O4. The molecule has 0 spiro atoms. The number of hydrogen-bond acceptors (Lipinski definition) is 4. The number of aliphatic hydroxyl groups is 2. The van der Waals surface area contributed by atoms with Gasteiger partial charge in [0.25, 0.3) is 11.8 Å². The molecule has 2 amide bonds. The molecule has 41 heavy (non-hydrogen) atoms. The molecule has 0 unspecified atom stereocenters. The summed E-state index contributed by atoms with van der Waals surface area (Å²) in [4.78, 5) is 36.5. The maximum atomic E-state index is 12.5. The van der Waals surface area contributed by atoms with Crippen LogP contribution in [0.1, 0.15) is 87.0 Å². The molecule has 0 atom stereocenters. The first kappa shape index (κ1) is 30.2. The first-order valence-electron chi connectivity index (χ1n) is 14.7. The fourth-order valence-electron chi connectivity index (χ4n) is 6.12. The van der Waals surface area contributed by atoms with E-state index in [1.807, 2.05) is 26.0 Å². The lowest BCUT2D eigenvalue weighted by Crippen LogP contribution is -2.16. The Hall–Kier alpha value is -3.75. The summed E-state index contributed by atoms with van der Waals surface area (Å²) in [6.07, 6.45) is 9.82. The van der Waals surface area contributed by atoms with E-state index < -0.39 is 0 Å². The number of aliphatic imine (C=N–C) groups is 1. The van der Waals surface area contributed by atoms with Crippen molar-refractivity contribution in [2.75, 3.05) is 13.2 Å². The van der Waals surface area contributed by atoms with Crippen molar-refractivity contribution >= 4 is 35.8 Å². The third kappa shape index (κ3) is 5.72. The van der Waals surface area contributed by atoms with Crippen molar-refractivity contribution in [1.29, 1.82) is 0 Å². The number of aromatic nitrogens is 2. The van der Waals surface area contributed by atoms with Gasteiger partial charge in [0.2, 0.25) is 0 Å². The Bertz CT molecular complexity index is 1630. The number of H-pyrrole nitrogens is 2. The van der Waals surface area contributed by atoms with Gasteiger partial charge in [-0.1, -0.05) is 27.7 Å². The lowest BCUT2D eigenvalue weighted by molar-refractivity contribution is -0.116. The number of hydrogen-bond donors (Lipinski definition) is 5. The third-order valence-corrected chi connectivity index (χ3v) is 8.26. The van der Waals surface area contributed by atoms with Crippen molar-refractivity contribution in [2.24, 2.45) is 4.99 Å². The van der Waals surface area contributed by atoms with Crippen LogP contribution in [0.15, 0.2) is 33.0 Å². The minimum Gasteiger partial charge on any atom is -0.396 e. The quantitative estimate of drug-likeness (QED) is 0.290. The summed E-state index contributed by atoms with van der Waals surface area (Å²) in [6.45, 7) is 12.3. The van der Waals surface area contributed by atoms with Gasteiger partial charge in [0.1, 0.15) is 0 Å². The van der Waals surface area contributed by atoms with Gasteiger partial charge >= 0.3 is 0 Å². The second-order valence-electron chi connectivity index (χ2n) is 10.5. The van der Waals surface area contributed by atoms with Crippen molar-refractivity contribution in [3.8, 4) is 0 Å². The number of amides is 2. The highest BCUT2D eigenvalue weighted by atomic mass is 16.3. The zero-order chi connectivity index (χ0) is 29.8. The van der Waals surface area contributed by atoms with Crippen LogP contribution in [0.2, 0.25) is 0 Å². The highest BCUT2D eigenvalue weighted by molar-refractivity contribution is 6.31. The molecule has 2 aromatic heterocycles. The van der Waals surface area contributed by atoms with E-state index in [0.717, 1.165) is 62.9 Å². The van der Waals surface area contributed by atoms with Crippen LogP contribution in [-0.2, 0) is 22.4 Å². The van der Waals surface area contributed by atoms with Crippen LogP contribution in [0.25, 0.3) is 18.2 Å². The largest absolute Gasteiger partial charge is 0.396 e. The molecule has 0 bridgehead atoms. The lowest BCUT2D eigenvalue weighted by atomic mass is 10.0. The predicted molar refractivity (Wildman–Crippen MR) is 164 cm³/mol. The topological polar surface area (TPSA) is 131 Å². The molecule has 2 aliphatic heterocycles. The molecule has 8 nitrogen and oxygen atoms in total. The second-order valence-corrected chi connectivity index (χ2v) is 10.5. The zero-order valence-electron chi connectivity index (χ0n) is 25.0. The molecule has 4 heterocycles. The lowest BCUT2D eigenvalue weighted by Gasteiger charge is -2.04. The minimum atomic E-state index is -0.257. The smallest absolute Gasteiger partial charge is 0.273 e. The van der Waals surface area contributed by atoms with Gasteiger partial charge in [-0.2, -0.15) is 0 Å². The van der Waals surface area contributed by atoms with Crippen molar-refractivity contribution in [2.45, 2.75) is 80.1 Å². The fraction of sp³-hybridized carbons (Fsp3) is 0.424. The Balaban J connectivity index is 1.82. The van der Waals surface area contributed by atoms with Crippen LogP contribution in [0, 0.1) is 13.8 Å². The summed E-state index contributed by atoms with van der Waals surface area (Å²) >= 11 is 0. The number of allylic oxidation sites excluding steroid dienone is 2. The minimum absolute atomic E-state index is 0.0571. The van der Waals surface area contributed by atoms with E-state index in [4.69, 9.17) is 0 Å². The van der Waals surface area contributed by atoms with Gasteiger partial charge in [-0.15, -0.1) is 0 Å². The van der Waals surface area contributed by atoms with Crippen LogP contribution in [0.3, 0.4) is 0 Å². The van der Waals surface area contributed by atoms with E-state index in [9.17, 15) is 19.8 Å². The summed E-state index contributed by atoms with van der Waals surface area (Å²) in [6, 6.07) is 0. The zero-order valence-corrected chi connectivity index (χ0v) is 25.0. The molecular weight excluding hydrogens is 516 g/mol. The van der Waals surface area contributed by atoms with Gasteiger partial charge in [0.15, 0.2) is 0 Å². The molecule has 0 aliphatic carbocycles. The average Bonchev–Trinajstić information content (AvgIpc) is 3.61. The first-order chi connectivity index (χ1) is 19.7. The summed E-state index contributed by atoms with van der Waals surface area (Å²) < 4.78 is 0. The van der Waals surface area contributed by atoms with Gasteiger partial charge in [-0.05, 0) is 91.2 Å². The van der Waals surface area contributed by atoms with Crippen molar-refractivity contribution in [3.63, 3.8) is 0 Å². The van der Waals surface area contributed by atoms with Crippen LogP contribution < -0.4 is 16.0 Å². The number of rotatable bonds is 11. The standard InChI is InChI=1S/C33H42N4O4/c1-7-20-18(5)26(15-30-22(9-3)24(11-13-38)32(40)36-30)34-28(20)17-29-21(8-2)19(6)27(35-29)16-31-23(10-4)25(12-14-39)33(41)37-31/h15-17,34-35,38-39H,7-14H2,1-6H3,(H,36,40)/b27-16+,29-17-,30-15-. The van der Waals surface area contributed by atoms with E-state index in [1.165, 1.54) is 11.1 Å². The Morgan fingerprint density at radius 1 is 0.683 bits per heavy atom. The fourth-order valence-corrected chi connectivity index (χ4v) is 6.12. The number of carbonyl (C=O) groups excluding carboxylic acids is 2. The predicted octanol–water partition coefficient (Wildman–Crippen LogP) is 3.32. The second kappa shape index (κ2) is 12.8. The molecule has 8 heteroatoms. The summed E-state index contributed by atoms with van der Waals surface area (Å²) in [5.41, 5.74) is 11.2. The Kier molecular flexibility index (Phi) is 9.46. The van der Waals surface area contributed by atoms with Gasteiger partial charge in [-0.25, -0.2) is 4.99 Å².